The van der Waals surface area contributed by atoms with Crippen LogP contribution in [0.2, 0.25) is 0 Å². The highest BCUT2D eigenvalue weighted by Gasteiger charge is 2.56. The quantitative estimate of drug-likeness (QED) is 0.563. The molecule has 7 heteroatoms. The lowest BCUT2D eigenvalue weighted by molar-refractivity contribution is -0.297. The molecule has 3 aliphatic rings. The van der Waals surface area contributed by atoms with E-state index in [1.165, 1.54) is 0 Å². The molecule has 0 amide bonds. The topological polar surface area (TPSA) is 77.0 Å². The molecule has 30 heavy (non-hydrogen) atoms. The van der Waals surface area contributed by atoms with Crippen molar-refractivity contribution in [2.24, 2.45) is 28.3 Å². The van der Waals surface area contributed by atoms with Gasteiger partial charge in [-0.2, -0.15) is 13.5 Å². The van der Waals surface area contributed by atoms with Crippen LogP contribution in [0.15, 0.2) is 46.9 Å². The Balaban J connectivity index is 1.48. The van der Waals surface area contributed by atoms with E-state index in [2.05, 4.69) is 30.4 Å². The maximum atomic E-state index is 12.6. The molecule has 3 atom stereocenters. The normalized spacial score (nSPS) is 31.0. The zero-order valence-corrected chi connectivity index (χ0v) is 18.9. The minimum absolute atomic E-state index is 0.0460. The molecule has 1 aliphatic heterocycles. The number of hydrogen-bond acceptors (Lipinski definition) is 5. The molecule has 0 unspecified atom stereocenters. The number of hydrazone groups is 1. The van der Waals surface area contributed by atoms with Gasteiger partial charge in [0, 0.05) is 29.9 Å². The number of sulfonamides is 1. The number of hydrogen-bond donors (Lipinski definition) is 1. The van der Waals surface area contributed by atoms with E-state index in [9.17, 15) is 8.42 Å². The summed E-state index contributed by atoms with van der Waals surface area (Å²) in [5, 5.41) is 4.38. The van der Waals surface area contributed by atoms with E-state index in [-0.39, 0.29) is 16.2 Å². The molecule has 164 valence electrons. The molecule has 2 aliphatic carbocycles. The maximum Gasteiger partial charge on any atom is 0.276 e. The van der Waals surface area contributed by atoms with Gasteiger partial charge in [-0.05, 0) is 43.7 Å². The van der Waals surface area contributed by atoms with Crippen molar-refractivity contribution in [2.75, 3.05) is 13.2 Å². The van der Waals surface area contributed by atoms with E-state index in [1.54, 1.807) is 24.3 Å². The predicted octanol–water partition coefficient (Wildman–Crippen LogP) is 4.02. The molecule has 0 bridgehead atoms. The number of ether oxygens (including phenoxy) is 2. The van der Waals surface area contributed by atoms with E-state index in [0.717, 1.165) is 37.0 Å². The Kier molecular flexibility index (Phi) is 5.58. The fourth-order valence-electron chi connectivity index (χ4n) is 5.00. The number of rotatable bonds is 5. The van der Waals surface area contributed by atoms with Crippen LogP contribution in [0.25, 0.3) is 0 Å². The summed E-state index contributed by atoms with van der Waals surface area (Å²) in [7, 11) is -3.68. The first-order chi connectivity index (χ1) is 14.1. The summed E-state index contributed by atoms with van der Waals surface area (Å²) in [6.07, 6.45) is 5.10. The second-order valence-electron chi connectivity index (χ2n) is 9.83. The Hall–Kier alpha value is -1.70. The molecule has 1 heterocycles. The first kappa shape index (κ1) is 21.5. The third-order valence-corrected chi connectivity index (χ3v) is 7.88. The van der Waals surface area contributed by atoms with Gasteiger partial charge in [-0.3, -0.25) is 0 Å². The van der Waals surface area contributed by atoms with Crippen LogP contribution < -0.4 is 4.83 Å². The van der Waals surface area contributed by atoms with Crippen LogP contribution in [0.5, 0.6) is 0 Å². The average molecular weight is 433 g/mol. The molecule has 1 saturated heterocycles. The zero-order valence-electron chi connectivity index (χ0n) is 18.1. The van der Waals surface area contributed by atoms with Crippen molar-refractivity contribution >= 4 is 15.7 Å². The molecule has 2 saturated carbocycles. The lowest BCUT2D eigenvalue weighted by Crippen LogP contribution is -2.46. The Bertz CT molecular complexity index is 926. The molecule has 1 aromatic carbocycles. The van der Waals surface area contributed by atoms with Gasteiger partial charge in [0.15, 0.2) is 5.79 Å². The summed E-state index contributed by atoms with van der Waals surface area (Å²) in [4.78, 5) is 2.68. The van der Waals surface area contributed by atoms with Gasteiger partial charge in [0.05, 0.1) is 18.1 Å². The second-order valence-corrected chi connectivity index (χ2v) is 11.5. The summed E-state index contributed by atoms with van der Waals surface area (Å²) >= 11 is 0. The fourth-order valence-corrected chi connectivity index (χ4v) is 5.84. The van der Waals surface area contributed by atoms with Crippen molar-refractivity contribution < 1.29 is 17.9 Å². The van der Waals surface area contributed by atoms with E-state index < -0.39 is 15.8 Å². The highest BCUT2D eigenvalue weighted by atomic mass is 32.2. The van der Waals surface area contributed by atoms with Crippen LogP contribution in [-0.2, 0) is 19.5 Å². The number of allylic oxidation sites excluding steroid dienone is 1. The largest absolute Gasteiger partial charge is 0.349 e. The molecule has 3 fully saturated rings. The van der Waals surface area contributed by atoms with Gasteiger partial charge in [-0.25, -0.2) is 4.83 Å². The summed E-state index contributed by atoms with van der Waals surface area (Å²) in [6, 6.07) is 6.77. The maximum absolute atomic E-state index is 12.6. The minimum Gasteiger partial charge on any atom is -0.349 e. The van der Waals surface area contributed by atoms with Crippen LogP contribution in [0, 0.1) is 30.1 Å². The van der Waals surface area contributed by atoms with Crippen LogP contribution in [0.1, 0.15) is 45.1 Å². The highest BCUT2D eigenvalue weighted by molar-refractivity contribution is 7.89. The van der Waals surface area contributed by atoms with Crippen molar-refractivity contribution in [1.29, 1.82) is 0 Å². The summed E-state index contributed by atoms with van der Waals surface area (Å²) < 4.78 is 37.7. The Morgan fingerprint density at radius 1 is 1.20 bits per heavy atom. The third-order valence-electron chi connectivity index (χ3n) is 6.65. The van der Waals surface area contributed by atoms with Crippen LogP contribution in [0.3, 0.4) is 0 Å². The van der Waals surface area contributed by atoms with Crippen LogP contribution >= 0.6 is 0 Å². The third kappa shape index (κ3) is 4.20. The molecular weight excluding hydrogens is 400 g/mol. The number of aryl methyl sites for hydroxylation is 1. The van der Waals surface area contributed by atoms with Gasteiger partial charge in [0.25, 0.3) is 10.0 Å². The zero-order chi connectivity index (χ0) is 21.6. The van der Waals surface area contributed by atoms with Gasteiger partial charge in [-0.15, -0.1) is 6.58 Å². The molecule has 1 aromatic rings. The van der Waals surface area contributed by atoms with Gasteiger partial charge in [0.1, 0.15) is 0 Å². The van der Waals surface area contributed by atoms with Gasteiger partial charge in [-0.1, -0.05) is 37.6 Å². The van der Waals surface area contributed by atoms with E-state index in [1.807, 2.05) is 13.0 Å². The number of benzene rings is 1. The van der Waals surface area contributed by atoms with Crippen molar-refractivity contribution in [3.05, 3.63) is 42.5 Å². The van der Waals surface area contributed by atoms with Gasteiger partial charge >= 0.3 is 0 Å². The Morgan fingerprint density at radius 2 is 1.87 bits per heavy atom. The summed E-state index contributed by atoms with van der Waals surface area (Å²) in [5.74, 6) is 0.428. The first-order valence-electron chi connectivity index (χ1n) is 10.7. The first-order valence-corrected chi connectivity index (χ1v) is 12.2. The Labute approximate surface area is 179 Å². The number of nitrogens with zero attached hydrogens (tertiary/aromatic N) is 1. The molecule has 4 rings (SSSR count). The number of nitrogens with one attached hydrogen (secondary N) is 1. The van der Waals surface area contributed by atoms with Crippen molar-refractivity contribution in [3.63, 3.8) is 0 Å². The number of fused-ring (bicyclic) bond motifs is 1. The van der Waals surface area contributed by atoms with Crippen LogP contribution in [0.4, 0.5) is 0 Å². The summed E-state index contributed by atoms with van der Waals surface area (Å²) in [6.45, 7) is 11.5. The van der Waals surface area contributed by atoms with Crippen molar-refractivity contribution in [3.8, 4) is 0 Å². The lowest BCUT2D eigenvalue weighted by atomic mass is 9.88. The van der Waals surface area contributed by atoms with Crippen molar-refractivity contribution in [2.45, 2.75) is 57.1 Å². The molecule has 0 radical (unpaired) electrons. The van der Waals surface area contributed by atoms with Gasteiger partial charge in [0.2, 0.25) is 0 Å². The highest BCUT2D eigenvalue weighted by Crippen LogP contribution is 2.54. The minimum atomic E-state index is -3.68. The lowest BCUT2D eigenvalue weighted by Gasteiger charge is -2.42. The SMILES string of the molecule is C=CC[C@H]1/C(=N/NS(=O)(=O)c2ccc(C)cc2)C[C@@H]2CC3(C[C@@H]21)OCC(C)(C)CO3. The second kappa shape index (κ2) is 7.77. The smallest absolute Gasteiger partial charge is 0.276 e. The summed E-state index contributed by atoms with van der Waals surface area (Å²) in [5.41, 5.74) is 1.97. The fraction of sp³-hybridized carbons (Fsp3) is 0.609. The van der Waals surface area contributed by atoms with E-state index in [4.69, 9.17) is 9.47 Å². The average Bonchev–Trinajstić information content (AvgIpc) is 3.19. The molecule has 1 N–H and O–H groups in total. The predicted molar refractivity (Wildman–Crippen MR) is 116 cm³/mol. The van der Waals surface area contributed by atoms with E-state index in [0.29, 0.717) is 25.0 Å². The molecular formula is C23H32N2O4S. The standard InChI is InChI=1S/C23H32N2O4S/c1-5-6-19-20-13-23(28-14-22(3,4)15-29-23)12-17(20)11-21(19)24-25-30(26,27)18-9-7-16(2)8-10-18/h5,7-10,17,19-20,25H,1,6,11-15H2,2-4H3/b24-21+/t17-,19-,20+/m1/s1. The Morgan fingerprint density at radius 3 is 2.50 bits per heavy atom. The molecule has 0 aromatic heterocycles. The monoisotopic (exact) mass is 432 g/mol. The van der Waals surface area contributed by atoms with Gasteiger partial charge < -0.3 is 9.47 Å². The van der Waals surface area contributed by atoms with Crippen LogP contribution in [-0.4, -0.2) is 33.1 Å². The molecule has 1 spiro atoms. The van der Waals surface area contributed by atoms with Crippen molar-refractivity contribution in [1.82, 2.24) is 4.83 Å². The molecule has 6 nitrogen and oxygen atoms in total. The van der Waals surface area contributed by atoms with E-state index >= 15 is 0 Å².